The molecule has 100 valence electrons. The van der Waals surface area contributed by atoms with Crippen molar-refractivity contribution in [2.45, 2.75) is 20.3 Å². The second-order valence-electron chi connectivity index (χ2n) is 4.27. The van der Waals surface area contributed by atoms with E-state index in [4.69, 9.17) is 18.0 Å². The minimum Gasteiger partial charge on any atom is -0.389 e. The van der Waals surface area contributed by atoms with E-state index in [0.29, 0.717) is 4.99 Å². The molecule has 0 bridgehead atoms. The first kappa shape index (κ1) is 14.9. The molecule has 0 aromatic heterocycles. The first-order valence-electron chi connectivity index (χ1n) is 6.54. The van der Waals surface area contributed by atoms with Crippen LogP contribution in [-0.2, 0) is 0 Å². The van der Waals surface area contributed by atoms with Crippen molar-refractivity contribution < 1.29 is 0 Å². The Morgan fingerprint density at radius 1 is 1.28 bits per heavy atom. The lowest BCUT2D eigenvalue weighted by Crippen LogP contribution is -2.30. The number of nitrogens with zero attached hydrogens (tertiary/aromatic N) is 1. The summed E-state index contributed by atoms with van der Waals surface area (Å²) in [6.07, 6.45) is 1.19. The van der Waals surface area contributed by atoms with Gasteiger partial charge >= 0.3 is 0 Å². The van der Waals surface area contributed by atoms with Crippen molar-refractivity contribution in [3.8, 4) is 0 Å². The predicted octanol–water partition coefficient (Wildman–Crippen LogP) is 2.46. The van der Waals surface area contributed by atoms with E-state index in [1.807, 2.05) is 24.3 Å². The molecule has 0 fully saturated rings. The molecule has 3 nitrogen and oxygen atoms in total. The highest BCUT2D eigenvalue weighted by atomic mass is 32.1. The minimum absolute atomic E-state index is 0.444. The van der Waals surface area contributed by atoms with Crippen molar-refractivity contribution in [2.75, 3.05) is 31.5 Å². The molecule has 1 aromatic rings. The van der Waals surface area contributed by atoms with Crippen molar-refractivity contribution in [3.63, 3.8) is 0 Å². The zero-order valence-electron chi connectivity index (χ0n) is 11.3. The molecular formula is C14H23N3S. The van der Waals surface area contributed by atoms with E-state index in [1.165, 1.54) is 6.42 Å². The monoisotopic (exact) mass is 265 g/mol. The minimum atomic E-state index is 0.444. The van der Waals surface area contributed by atoms with Gasteiger partial charge in [0.05, 0.1) is 0 Å². The summed E-state index contributed by atoms with van der Waals surface area (Å²) >= 11 is 5.04. The zero-order valence-corrected chi connectivity index (χ0v) is 12.1. The Morgan fingerprint density at radius 3 is 2.61 bits per heavy atom. The van der Waals surface area contributed by atoms with E-state index < -0.39 is 0 Å². The average molecular weight is 265 g/mol. The van der Waals surface area contributed by atoms with Crippen LogP contribution in [0, 0.1) is 0 Å². The quantitative estimate of drug-likeness (QED) is 0.709. The van der Waals surface area contributed by atoms with Crippen LogP contribution in [0.5, 0.6) is 0 Å². The van der Waals surface area contributed by atoms with E-state index in [-0.39, 0.29) is 0 Å². The lowest BCUT2D eigenvalue weighted by Gasteiger charge is -2.20. The van der Waals surface area contributed by atoms with Gasteiger partial charge in [0.1, 0.15) is 4.99 Å². The Balaban J connectivity index is 2.50. The fraction of sp³-hybridized carbons (Fsp3) is 0.500. The number of nitrogens with two attached hydrogens (primary N) is 1. The summed E-state index contributed by atoms with van der Waals surface area (Å²) in [5.74, 6) is 0. The number of benzene rings is 1. The number of anilines is 1. The molecule has 0 spiro atoms. The largest absolute Gasteiger partial charge is 0.389 e. The molecule has 0 heterocycles. The molecule has 18 heavy (non-hydrogen) atoms. The Kier molecular flexibility index (Phi) is 6.68. The van der Waals surface area contributed by atoms with Gasteiger partial charge in [0.25, 0.3) is 0 Å². The number of nitrogens with one attached hydrogen (secondary N) is 1. The van der Waals surface area contributed by atoms with Gasteiger partial charge < -0.3 is 16.0 Å². The molecule has 3 N–H and O–H groups in total. The van der Waals surface area contributed by atoms with Gasteiger partial charge in [-0.1, -0.05) is 38.2 Å². The second-order valence-corrected chi connectivity index (χ2v) is 4.71. The molecular weight excluding hydrogens is 242 g/mol. The number of rotatable bonds is 8. The number of likely N-dealkylation sites (N-methyl/N-ethyl adjacent to an activating group) is 1. The maximum absolute atomic E-state index is 5.70. The summed E-state index contributed by atoms with van der Waals surface area (Å²) in [4.78, 5) is 2.87. The lowest BCUT2D eigenvalue weighted by molar-refractivity contribution is 0.300. The van der Waals surface area contributed by atoms with Gasteiger partial charge in [-0.15, -0.1) is 0 Å². The number of para-hydroxylation sites is 1. The molecule has 0 amide bonds. The predicted molar refractivity (Wildman–Crippen MR) is 83.2 cm³/mol. The summed E-state index contributed by atoms with van der Waals surface area (Å²) < 4.78 is 0. The highest BCUT2D eigenvalue weighted by Gasteiger charge is 2.04. The smallest absolute Gasteiger partial charge is 0.106 e. The van der Waals surface area contributed by atoms with Gasteiger partial charge in [0.15, 0.2) is 0 Å². The SMILES string of the molecule is CCCN(CC)CCNc1ccccc1C(N)=S. The Labute approximate surface area is 115 Å². The Morgan fingerprint density at radius 2 is 2.00 bits per heavy atom. The summed E-state index contributed by atoms with van der Waals surface area (Å²) in [5.41, 5.74) is 7.65. The third-order valence-electron chi connectivity index (χ3n) is 2.92. The van der Waals surface area contributed by atoms with Gasteiger partial charge in [0, 0.05) is 24.3 Å². The van der Waals surface area contributed by atoms with Gasteiger partial charge in [-0.25, -0.2) is 0 Å². The van der Waals surface area contributed by atoms with Crippen LogP contribution in [0.2, 0.25) is 0 Å². The summed E-state index contributed by atoms with van der Waals surface area (Å²) in [6.45, 7) is 8.59. The van der Waals surface area contributed by atoms with Gasteiger partial charge in [0.2, 0.25) is 0 Å². The Hall–Kier alpha value is -1.13. The van der Waals surface area contributed by atoms with Crippen LogP contribution in [0.25, 0.3) is 0 Å². The third-order valence-corrected chi connectivity index (χ3v) is 3.14. The normalized spacial score (nSPS) is 10.6. The number of hydrogen-bond acceptors (Lipinski definition) is 3. The number of thiocarbonyl (C=S) groups is 1. The molecule has 0 aliphatic rings. The molecule has 1 aromatic carbocycles. The molecule has 0 aliphatic heterocycles. The van der Waals surface area contributed by atoms with Gasteiger partial charge in [-0.05, 0) is 31.6 Å². The van der Waals surface area contributed by atoms with Crippen molar-refractivity contribution in [3.05, 3.63) is 29.8 Å². The van der Waals surface area contributed by atoms with E-state index >= 15 is 0 Å². The standard InChI is InChI=1S/C14H23N3S/c1-3-10-17(4-2)11-9-16-13-8-6-5-7-12(13)14(15)18/h5-8,16H,3-4,9-11H2,1-2H3,(H2,15,18). The molecule has 1 rings (SSSR count). The maximum atomic E-state index is 5.70. The maximum Gasteiger partial charge on any atom is 0.106 e. The van der Waals surface area contributed by atoms with Crippen LogP contribution in [0.15, 0.2) is 24.3 Å². The molecule has 0 radical (unpaired) electrons. The van der Waals surface area contributed by atoms with Crippen LogP contribution < -0.4 is 11.1 Å². The van der Waals surface area contributed by atoms with E-state index in [1.54, 1.807) is 0 Å². The highest BCUT2D eigenvalue weighted by molar-refractivity contribution is 7.80. The Bertz CT molecular complexity index is 379. The van der Waals surface area contributed by atoms with Crippen molar-refractivity contribution in [1.82, 2.24) is 4.90 Å². The first-order chi connectivity index (χ1) is 8.69. The lowest BCUT2D eigenvalue weighted by atomic mass is 10.2. The number of hydrogen-bond donors (Lipinski definition) is 2. The molecule has 0 saturated carbocycles. The second kappa shape index (κ2) is 8.06. The van der Waals surface area contributed by atoms with Crippen LogP contribution in [-0.4, -0.2) is 36.1 Å². The van der Waals surface area contributed by atoms with E-state index in [2.05, 4.69) is 24.1 Å². The van der Waals surface area contributed by atoms with E-state index in [0.717, 1.165) is 37.4 Å². The van der Waals surface area contributed by atoms with Crippen LogP contribution in [0.3, 0.4) is 0 Å². The van der Waals surface area contributed by atoms with Crippen LogP contribution >= 0.6 is 12.2 Å². The molecule has 0 unspecified atom stereocenters. The molecule has 4 heteroatoms. The average Bonchev–Trinajstić information content (AvgIpc) is 2.38. The van der Waals surface area contributed by atoms with Gasteiger partial charge in [-0.3, -0.25) is 0 Å². The topological polar surface area (TPSA) is 41.3 Å². The van der Waals surface area contributed by atoms with Crippen molar-refractivity contribution in [1.29, 1.82) is 0 Å². The first-order valence-corrected chi connectivity index (χ1v) is 6.94. The van der Waals surface area contributed by atoms with Crippen LogP contribution in [0.1, 0.15) is 25.8 Å². The van der Waals surface area contributed by atoms with Crippen LogP contribution in [0.4, 0.5) is 5.69 Å². The van der Waals surface area contributed by atoms with Crippen molar-refractivity contribution in [2.24, 2.45) is 5.73 Å². The van der Waals surface area contributed by atoms with Gasteiger partial charge in [-0.2, -0.15) is 0 Å². The molecule has 0 aliphatic carbocycles. The van der Waals surface area contributed by atoms with E-state index in [9.17, 15) is 0 Å². The summed E-state index contributed by atoms with van der Waals surface area (Å²) in [7, 11) is 0. The fourth-order valence-electron chi connectivity index (χ4n) is 1.95. The molecule has 0 atom stereocenters. The molecule has 0 saturated heterocycles. The highest BCUT2D eigenvalue weighted by Crippen LogP contribution is 2.14. The summed E-state index contributed by atoms with van der Waals surface area (Å²) in [6, 6.07) is 7.92. The van der Waals surface area contributed by atoms with Crippen molar-refractivity contribution >= 4 is 22.9 Å². The zero-order chi connectivity index (χ0) is 13.4. The summed E-state index contributed by atoms with van der Waals surface area (Å²) in [5, 5.41) is 3.41. The fourth-order valence-corrected chi connectivity index (χ4v) is 2.12. The third kappa shape index (κ3) is 4.63.